The maximum atomic E-state index is 12.0. The number of amides is 2. The summed E-state index contributed by atoms with van der Waals surface area (Å²) in [4.78, 5) is 11.9. The van der Waals surface area contributed by atoms with Crippen molar-refractivity contribution in [1.29, 1.82) is 0 Å². The van der Waals surface area contributed by atoms with Gasteiger partial charge in [-0.25, -0.2) is 13.2 Å². The zero-order valence-electron chi connectivity index (χ0n) is 12.6. The Kier molecular flexibility index (Phi) is 4.10. The van der Waals surface area contributed by atoms with Gasteiger partial charge in [0, 0.05) is 24.8 Å². The van der Waals surface area contributed by atoms with Gasteiger partial charge in [0.05, 0.1) is 5.75 Å². The Morgan fingerprint density at radius 3 is 2.82 bits per heavy atom. The van der Waals surface area contributed by atoms with Gasteiger partial charge in [-0.1, -0.05) is 12.1 Å². The molecule has 1 saturated carbocycles. The number of nitrogens with zero attached hydrogens (tertiary/aromatic N) is 1. The molecule has 2 N–H and O–H groups in total. The van der Waals surface area contributed by atoms with Gasteiger partial charge in [-0.05, 0) is 43.4 Å². The van der Waals surface area contributed by atoms with Gasteiger partial charge in [-0.2, -0.15) is 4.31 Å². The fourth-order valence-corrected chi connectivity index (χ4v) is 3.76. The van der Waals surface area contributed by atoms with E-state index >= 15 is 0 Å². The van der Waals surface area contributed by atoms with Crippen molar-refractivity contribution in [2.45, 2.75) is 38.8 Å². The molecule has 0 atom stereocenters. The predicted molar refractivity (Wildman–Crippen MR) is 85.2 cm³/mol. The van der Waals surface area contributed by atoms with E-state index in [-0.39, 0.29) is 11.8 Å². The number of carbonyl (C=O) groups is 1. The van der Waals surface area contributed by atoms with Crippen molar-refractivity contribution in [3.05, 3.63) is 29.3 Å². The standard InChI is InChI=1S/C15H21N3O3S/c1-2-22(20,21)18-9-8-13-11(10-18)4-3-5-14(13)17-15(19)16-12-6-7-12/h3-5,12H,2,6-10H2,1H3,(H2,16,17,19). The van der Waals surface area contributed by atoms with Crippen LogP contribution in [0.2, 0.25) is 0 Å². The Hall–Kier alpha value is -1.60. The predicted octanol–water partition coefficient (Wildman–Crippen LogP) is 1.68. The molecule has 22 heavy (non-hydrogen) atoms. The van der Waals surface area contributed by atoms with E-state index < -0.39 is 10.0 Å². The normalized spacial score (nSPS) is 18.6. The lowest BCUT2D eigenvalue weighted by molar-refractivity contribution is 0.251. The number of anilines is 1. The Morgan fingerprint density at radius 2 is 2.14 bits per heavy atom. The van der Waals surface area contributed by atoms with Gasteiger partial charge in [0.25, 0.3) is 0 Å². The molecule has 7 heteroatoms. The van der Waals surface area contributed by atoms with Crippen LogP contribution >= 0.6 is 0 Å². The van der Waals surface area contributed by atoms with E-state index in [0.29, 0.717) is 25.6 Å². The highest BCUT2D eigenvalue weighted by Crippen LogP contribution is 2.28. The van der Waals surface area contributed by atoms with Crippen molar-refractivity contribution in [2.75, 3.05) is 17.6 Å². The Bertz CT molecular complexity index is 683. The van der Waals surface area contributed by atoms with Gasteiger partial charge in [0.15, 0.2) is 0 Å². The molecule has 0 aromatic heterocycles. The van der Waals surface area contributed by atoms with E-state index in [1.165, 1.54) is 4.31 Å². The number of carbonyl (C=O) groups excluding carboxylic acids is 1. The van der Waals surface area contributed by atoms with Gasteiger partial charge in [0.1, 0.15) is 0 Å². The van der Waals surface area contributed by atoms with E-state index in [0.717, 1.165) is 29.7 Å². The van der Waals surface area contributed by atoms with E-state index in [2.05, 4.69) is 10.6 Å². The van der Waals surface area contributed by atoms with E-state index in [9.17, 15) is 13.2 Å². The first-order valence-electron chi connectivity index (χ1n) is 7.65. The number of urea groups is 1. The highest BCUT2D eigenvalue weighted by atomic mass is 32.2. The Morgan fingerprint density at radius 1 is 1.36 bits per heavy atom. The second-order valence-corrected chi connectivity index (χ2v) is 8.06. The lowest BCUT2D eigenvalue weighted by atomic mass is 9.99. The van der Waals surface area contributed by atoms with Crippen LogP contribution in [-0.2, 0) is 23.0 Å². The van der Waals surface area contributed by atoms with Gasteiger partial charge in [-0.3, -0.25) is 0 Å². The quantitative estimate of drug-likeness (QED) is 0.885. The Labute approximate surface area is 130 Å². The molecular formula is C15H21N3O3S. The van der Waals surface area contributed by atoms with Crippen molar-refractivity contribution in [1.82, 2.24) is 9.62 Å². The lowest BCUT2D eigenvalue weighted by Gasteiger charge is -2.29. The minimum atomic E-state index is -3.17. The molecule has 1 aliphatic heterocycles. The topological polar surface area (TPSA) is 78.5 Å². The van der Waals surface area contributed by atoms with Crippen LogP contribution in [0, 0.1) is 0 Å². The number of benzene rings is 1. The summed E-state index contributed by atoms with van der Waals surface area (Å²) in [6.07, 6.45) is 2.71. The first-order valence-corrected chi connectivity index (χ1v) is 9.26. The number of nitrogens with one attached hydrogen (secondary N) is 2. The molecule has 1 aliphatic carbocycles. The van der Waals surface area contributed by atoms with Crippen LogP contribution in [0.4, 0.5) is 10.5 Å². The molecule has 0 unspecified atom stereocenters. The van der Waals surface area contributed by atoms with Crippen LogP contribution in [-0.4, -0.2) is 37.1 Å². The summed E-state index contributed by atoms with van der Waals surface area (Å²) in [6.45, 7) is 2.50. The second kappa shape index (κ2) is 5.89. The summed E-state index contributed by atoms with van der Waals surface area (Å²) in [5.41, 5.74) is 2.78. The largest absolute Gasteiger partial charge is 0.335 e. The summed E-state index contributed by atoms with van der Waals surface area (Å²) < 4.78 is 25.5. The molecule has 1 fully saturated rings. The highest BCUT2D eigenvalue weighted by molar-refractivity contribution is 7.89. The van der Waals surface area contributed by atoms with E-state index in [4.69, 9.17) is 0 Å². The van der Waals surface area contributed by atoms with Crippen LogP contribution in [0.25, 0.3) is 0 Å². The van der Waals surface area contributed by atoms with Crippen molar-refractivity contribution in [2.24, 2.45) is 0 Å². The number of hydrogen-bond donors (Lipinski definition) is 2. The highest BCUT2D eigenvalue weighted by Gasteiger charge is 2.27. The summed E-state index contributed by atoms with van der Waals surface area (Å²) in [7, 11) is -3.17. The molecular weight excluding hydrogens is 302 g/mol. The average molecular weight is 323 g/mol. The van der Waals surface area contributed by atoms with Gasteiger partial charge in [0.2, 0.25) is 10.0 Å². The van der Waals surface area contributed by atoms with Crippen LogP contribution in [0.15, 0.2) is 18.2 Å². The minimum Gasteiger partial charge on any atom is -0.335 e. The summed E-state index contributed by atoms with van der Waals surface area (Å²) in [5, 5.41) is 5.79. The van der Waals surface area contributed by atoms with Crippen LogP contribution in [0.3, 0.4) is 0 Å². The molecule has 2 amide bonds. The van der Waals surface area contributed by atoms with Crippen LogP contribution in [0.5, 0.6) is 0 Å². The first-order chi connectivity index (χ1) is 10.5. The summed E-state index contributed by atoms with van der Waals surface area (Å²) >= 11 is 0. The van der Waals surface area contributed by atoms with E-state index in [1.807, 2.05) is 18.2 Å². The van der Waals surface area contributed by atoms with Crippen molar-refractivity contribution >= 4 is 21.7 Å². The van der Waals surface area contributed by atoms with Gasteiger partial charge in [-0.15, -0.1) is 0 Å². The first kappa shape index (κ1) is 15.3. The third kappa shape index (κ3) is 3.25. The molecule has 0 bridgehead atoms. The molecule has 120 valence electrons. The molecule has 0 spiro atoms. The number of rotatable bonds is 4. The molecule has 2 aliphatic rings. The maximum Gasteiger partial charge on any atom is 0.319 e. The number of fused-ring (bicyclic) bond motifs is 1. The number of hydrogen-bond acceptors (Lipinski definition) is 3. The lowest BCUT2D eigenvalue weighted by Crippen LogP contribution is -2.37. The van der Waals surface area contributed by atoms with Crippen LogP contribution < -0.4 is 10.6 Å². The third-order valence-corrected chi connectivity index (χ3v) is 5.98. The molecule has 3 rings (SSSR count). The van der Waals surface area contributed by atoms with E-state index in [1.54, 1.807) is 6.92 Å². The Balaban J connectivity index is 1.76. The monoisotopic (exact) mass is 323 g/mol. The second-order valence-electron chi connectivity index (χ2n) is 5.80. The molecule has 6 nitrogen and oxygen atoms in total. The maximum absolute atomic E-state index is 12.0. The van der Waals surface area contributed by atoms with Crippen molar-refractivity contribution in [3.63, 3.8) is 0 Å². The minimum absolute atomic E-state index is 0.115. The number of sulfonamides is 1. The smallest absolute Gasteiger partial charge is 0.319 e. The molecule has 0 saturated heterocycles. The SMILES string of the molecule is CCS(=O)(=O)N1CCc2c(cccc2NC(=O)NC2CC2)C1. The van der Waals surface area contributed by atoms with Gasteiger partial charge >= 0.3 is 6.03 Å². The molecule has 1 aromatic rings. The summed E-state index contributed by atoms with van der Waals surface area (Å²) in [6, 6.07) is 5.78. The van der Waals surface area contributed by atoms with Crippen LogP contribution in [0.1, 0.15) is 30.9 Å². The summed E-state index contributed by atoms with van der Waals surface area (Å²) in [5.74, 6) is 0.115. The molecule has 0 radical (unpaired) electrons. The fourth-order valence-electron chi connectivity index (χ4n) is 2.69. The zero-order valence-corrected chi connectivity index (χ0v) is 13.4. The van der Waals surface area contributed by atoms with Crippen molar-refractivity contribution < 1.29 is 13.2 Å². The fraction of sp³-hybridized carbons (Fsp3) is 0.533. The molecule has 1 heterocycles. The molecule has 1 aromatic carbocycles. The van der Waals surface area contributed by atoms with Crippen molar-refractivity contribution in [3.8, 4) is 0 Å². The third-order valence-electron chi connectivity index (χ3n) is 4.15. The zero-order chi connectivity index (χ0) is 15.7. The van der Waals surface area contributed by atoms with Gasteiger partial charge < -0.3 is 10.6 Å². The average Bonchev–Trinajstić information content (AvgIpc) is 3.30.